The molecule has 1 aromatic heterocycles. The third-order valence-electron chi connectivity index (χ3n) is 3.38. The molecule has 1 fully saturated rings. The summed E-state index contributed by atoms with van der Waals surface area (Å²) >= 11 is 5.94. The minimum Gasteiger partial charge on any atom is -0.440 e. The highest BCUT2D eigenvalue weighted by Crippen LogP contribution is 2.28. The van der Waals surface area contributed by atoms with E-state index in [9.17, 15) is 0 Å². The van der Waals surface area contributed by atoms with E-state index < -0.39 is 0 Å². The summed E-state index contributed by atoms with van der Waals surface area (Å²) in [6.45, 7) is 3.16. The van der Waals surface area contributed by atoms with Gasteiger partial charge in [0.2, 0.25) is 0 Å². The summed E-state index contributed by atoms with van der Waals surface area (Å²) in [6, 6.07) is 6.17. The summed E-state index contributed by atoms with van der Waals surface area (Å²) in [5.74, 6) is 1.22. The van der Waals surface area contributed by atoms with Gasteiger partial charge in [0.05, 0.1) is 0 Å². The molecule has 0 bridgehead atoms. The largest absolute Gasteiger partial charge is 0.440 e. The molecular formula is C13H15ClN2O. The molecular weight excluding hydrogens is 236 g/mol. The van der Waals surface area contributed by atoms with E-state index in [1.807, 2.05) is 18.2 Å². The Bertz CT molecular complexity index is 529. The summed E-state index contributed by atoms with van der Waals surface area (Å²) in [7, 11) is 0. The van der Waals surface area contributed by atoms with Crippen LogP contribution >= 0.6 is 11.6 Å². The van der Waals surface area contributed by atoms with E-state index >= 15 is 0 Å². The fourth-order valence-corrected chi connectivity index (χ4v) is 2.47. The molecule has 0 saturated carbocycles. The smallest absolute Gasteiger partial charge is 0.199 e. The van der Waals surface area contributed by atoms with E-state index in [0.29, 0.717) is 17.0 Å². The lowest BCUT2D eigenvalue weighted by Crippen LogP contribution is -2.35. The molecule has 1 saturated heterocycles. The lowest BCUT2D eigenvalue weighted by Gasteiger charge is -2.25. The van der Waals surface area contributed by atoms with Crippen LogP contribution in [0.1, 0.15) is 31.6 Å². The van der Waals surface area contributed by atoms with Crippen LogP contribution in [0.4, 0.5) is 0 Å². The molecule has 0 aliphatic carbocycles. The predicted molar refractivity (Wildman–Crippen MR) is 68.5 cm³/mol. The summed E-state index contributed by atoms with van der Waals surface area (Å²) in [5.41, 5.74) is 1.68. The maximum atomic E-state index is 5.94. The standard InChI is InChI=1S/C13H15ClN2O/c1-8-2-3-9(7-15-8)13-16-11-6-10(14)4-5-12(11)17-13/h4-6,8-9,15H,2-3,7H2,1H3/t8-,9-/m1/s1. The Kier molecular flexibility index (Phi) is 2.81. The van der Waals surface area contributed by atoms with Crippen LogP contribution in [0, 0.1) is 0 Å². The van der Waals surface area contributed by atoms with Crippen molar-refractivity contribution in [3.05, 3.63) is 29.1 Å². The molecule has 4 heteroatoms. The van der Waals surface area contributed by atoms with Gasteiger partial charge in [-0.1, -0.05) is 11.6 Å². The minimum absolute atomic E-state index is 0.386. The zero-order valence-corrected chi connectivity index (χ0v) is 10.5. The maximum absolute atomic E-state index is 5.94. The van der Waals surface area contributed by atoms with Crippen LogP contribution in [0.3, 0.4) is 0 Å². The molecule has 2 heterocycles. The van der Waals surface area contributed by atoms with E-state index in [4.69, 9.17) is 16.0 Å². The highest BCUT2D eigenvalue weighted by Gasteiger charge is 2.23. The van der Waals surface area contributed by atoms with Crippen LogP contribution in [0.25, 0.3) is 11.1 Å². The van der Waals surface area contributed by atoms with Crippen LogP contribution in [0.2, 0.25) is 5.02 Å². The molecule has 0 unspecified atom stereocenters. The molecule has 0 spiro atoms. The summed E-state index contributed by atoms with van der Waals surface area (Å²) < 4.78 is 5.79. The van der Waals surface area contributed by atoms with Gasteiger partial charge in [0.15, 0.2) is 11.5 Å². The van der Waals surface area contributed by atoms with Crippen molar-refractivity contribution in [3.63, 3.8) is 0 Å². The normalized spacial score (nSPS) is 25.3. The van der Waals surface area contributed by atoms with Gasteiger partial charge in [-0.25, -0.2) is 4.98 Å². The fourth-order valence-electron chi connectivity index (χ4n) is 2.30. The molecule has 3 nitrogen and oxygen atoms in total. The summed E-state index contributed by atoms with van der Waals surface area (Å²) in [5, 5.41) is 4.16. The number of fused-ring (bicyclic) bond motifs is 1. The number of hydrogen-bond acceptors (Lipinski definition) is 3. The van der Waals surface area contributed by atoms with Crippen molar-refractivity contribution in [3.8, 4) is 0 Å². The number of rotatable bonds is 1. The first-order chi connectivity index (χ1) is 8.22. The van der Waals surface area contributed by atoms with E-state index in [-0.39, 0.29) is 0 Å². The topological polar surface area (TPSA) is 38.1 Å². The number of oxazole rings is 1. The molecule has 3 rings (SSSR count). The van der Waals surface area contributed by atoms with Crippen LogP contribution in [0.15, 0.2) is 22.6 Å². The molecule has 17 heavy (non-hydrogen) atoms. The Morgan fingerprint density at radius 2 is 2.29 bits per heavy atom. The quantitative estimate of drug-likeness (QED) is 0.844. The van der Waals surface area contributed by atoms with Crippen molar-refractivity contribution in [1.29, 1.82) is 0 Å². The van der Waals surface area contributed by atoms with Gasteiger partial charge in [0, 0.05) is 23.5 Å². The summed E-state index contributed by atoms with van der Waals surface area (Å²) in [4.78, 5) is 4.53. The average Bonchev–Trinajstić information content (AvgIpc) is 2.72. The lowest BCUT2D eigenvalue weighted by molar-refractivity contribution is 0.342. The Balaban J connectivity index is 1.90. The van der Waals surface area contributed by atoms with Crippen molar-refractivity contribution in [2.75, 3.05) is 6.54 Å². The maximum Gasteiger partial charge on any atom is 0.199 e. The van der Waals surface area contributed by atoms with Crippen LogP contribution in [-0.2, 0) is 0 Å². The monoisotopic (exact) mass is 250 g/mol. The molecule has 0 amide bonds. The van der Waals surface area contributed by atoms with Gasteiger partial charge in [0.25, 0.3) is 0 Å². The number of nitrogens with one attached hydrogen (secondary N) is 1. The fraction of sp³-hybridized carbons (Fsp3) is 0.462. The second-order valence-corrected chi connectivity index (χ2v) is 5.18. The van der Waals surface area contributed by atoms with Crippen LogP contribution in [-0.4, -0.2) is 17.6 Å². The zero-order valence-electron chi connectivity index (χ0n) is 9.74. The van der Waals surface area contributed by atoms with E-state index in [2.05, 4.69) is 17.2 Å². The number of aromatic nitrogens is 1. The number of halogens is 1. The molecule has 1 aliphatic heterocycles. The lowest BCUT2D eigenvalue weighted by atomic mass is 9.95. The predicted octanol–water partition coefficient (Wildman–Crippen LogP) is 3.34. The number of piperidine rings is 1. The molecule has 1 aliphatic rings. The first-order valence-corrected chi connectivity index (χ1v) is 6.39. The number of nitrogens with zero attached hydrogens (tertiary/aromatic N) is 1. The third-order valence-corrected chi connectivity index (χ3v) is 3.61. The van der Waals surface area contributed by atoms with E-state index in [1.165, 1.54) is 6.42 Å². The Labute approximate surface area is 105 Å². The Morgan fingerprint density at radius 3 is 3.06 bits per heavy atom. The zero-order chi connectivity index (χ0) is 11.8. The van der Waals surface area contributed by atoms with Gasteiger partial charge in [-0.2, -0.15) is 0 Å². The SMILES string of the molecule is C[C@@H]1CC[C@@H](c2nc3cc(Cl)ccc3o2)CN1. The van der Waals surface area contributed by atoms with Crippen molar-refractivity contribution < 1.29 is 4.42 Å². The Morgan fingerprint density at radius 1 is 1.41 bits per heavy atom. The van der Waals surface area contributed by atoms with Gasteiger partial charge in [0.1, 0.15) is 5.52 Å². The first-order valence-electron chi connectivity index (χ1n) is 6.02. The van der Waals surface area contributed by atoms with Gasteiger partial charge >= 0.3 is 0 Å². The van der Waals surface area contributed by atoms with Crippen molar-refractivity contribution in [1.82, 2.24) is 10.3 Å². The second kappa shape index (κ2) is 4.31. The van der Waals surface area contributed by atoms with Gasteiger partial charge in [-0.15, -0.1) is 0 Å². The van der Waals surface area contributed by atoms with Gasteiger partial charge in [-0.3, -0.25) is 0 Å². The number of hydrogen-bond donors (Lipinski definition) is 1. The van der Waals surface area contributed by atoms with E-state index in [0.717, 1.165) is 30.0 Å². The molecule has 0 radical (unpaired) electrons. The van der Waals surface area contributed by atoms with Crippen LogP contribution < -0.4 is 5.32 Å². The van der Waals surface area contributed by atoms with Gasteiger partial charge in [-0.05, 0) is 38.0 Å². The molecule has 90 valence electrons. The first kappa shape index (κ1) is 11.1. The molecule has 2 atom stereocenters. The van der Waals surface area contributed by atoms with Gasteiger partial charge < -0.3 is 9.73 Å². The second-order valence-electron chi connectivity index (χ2n) is 4.75. The minimum atomic E-state index is 0.386. The van der Waals surface area contributed by atoms with Crippen molar-refractivity contribution in [2.24, 2.45) is 0 Å². The average molecular weight is 251 g/mol. The van der Waals surface area contributed by atoms with Crippen molar-refractivity contribution >= 4 is 22.7 Å². The number of benzene rings is 1. The Hall–Kier alpha value is -1.06. The molecule has 1 aromatic carbocycles. The van der Waals surface area contributed by atoms with E-state index in [1.54, 1.807) is 0 Å². The highest BCUT2D eigenvalue weighted by molar-refractivity contribution is 6.31. The van der Waals surface area contributed by atoms with Crippen LogP contribution in [0.5, 0.6) is 0 Å². The summed E-state index contributed by atoms with van der Waals surface area (Å²) in [6.07, 6.45) is 2.30. The highest BCUT2D eigenvalue weighted by atomic mass is 35.5. The van der Waals surface area contributed by atoms with Crippen molar-refractivity contribution in [2.45, 2.75) is 31.7 Å². The third kappa shape index (κ3) is 2.17. The molecule has 1 N–H and O–H groups in total. The molecule has 2 aromatic rings.